The predicted molar refractivity (Wildman–Crippen MR) is 75.4 cm³/mol. The highest BCUT2D eigenvalue weighted by Gasteiger charge is 2.22. The average molecular weight is 301 g/mol. The van der Waals surface area contributed by atoms with Gasteiger partial charge in [-0.3, -0.25) is 0 Å². The van der Waals surface area contributed by atoms with Gasteiger partial charge in [0, 0.05) is 12.3 Å². The first-order valence-electron chi connectivity index (χ1n) is 6.71. The molecule has 1 N–H and O–H groups in total. The molecule has 6 heteroatoms. The quantitative estimate of drug-likeness (QED) is 0.923. The minimum absolute atomic E-state index is 0.0780. The van der Waals surface area contributed by atoms with Crippen molar-refractivity contribution in [3.8, 4) is 5.75 Å². The maximum Gasteiger partial charge on any atom is 0.179 e. The van der Waals surface area contributed by atoms with Gasteiger partial charge in [-0.25, -0.2) is 12.8 Å². The lowest BCUT2D eigenvalue weighted by atomic mass is 9.97. The van der Waals surface area contributed by atoms with Crippen LogP contribution in [-0.4, -0.2) is 34.4 Å². The highest BCUT2D eigenvalue weighted by atomic mass is 32.2. The first-order valence-corrected chi connectivity index (χ1v) is 8.61. The number of rotatable bonds is 4. The highest BCUT2D eigenvalue weighted by molar-refractivity contribution is 7.90. The molecule has 0 bridgehead atoms. The van der Waals surface area contributed by atoms with Crippen LogP contribution in [0.15, 0.2) is 17.0 Å². The Bertz CT molecular complexity index is 580. The van der Waals surface area contributed by atoms with Crippen molar-refractivity contribution in [1.82, 2.24) is 5.32 Å². The van der Waals surface area contributed by atoms with Gasteiger partial charge in [-0.2, -0.15) is 0 Å². The summed E-state index contributed by atoms with van der Waals surface area (Å²) in [6, 6.07) is 2.63. The fourth-order valence-corrected chi connectivity index (χ4v) is 3.52. The van der Waals surface area contributed by atoms with Crippen LogP contribution in [-0.2, 0) is 16.3 Å². The van der Waals surface area contributed by atoms with Gasteiger partial charge in [0.2, 0.25) is 0 Å². The average Bonchev–Trinajstić information content (AvgIpc) is 2.38. The summed E-state index contributed by atoms with van der Waals surface area (Å²) in [5.74, 6) is -0.279. The monoisotopic (exact) mass is 301 g/mol. The van der Waals surface area contributed by atoms with E-state index in [0.717, 1.165) is 38.1 Å². The van der Waals surface area contributed by atoms with Gasteiger partial charge in [-0.15, -0.1) is 0 Å². The molecule has 0 aromatic heterocycles. The first-order chi connectivity index (χ1) is 9.41. The van der Waals surface area contributed by atoms with E-state index in [1.807, 2.05) is 0 Å². The van der Waals surface area contributed by atoms with E-state index in [2.05, 4.69) is 5.32 Å². The largest absolute Gasteiger partial charge is 0.495 e. The summed E-state index contributed by atoms with van der Waals surface area (Å²) < 4.78 is 42.4. The van der Waals surface area contributed by atoms with Crippen molar-refractivity contribution >= 4 is 9.84 Å². The molecule has 1 saturated heterocycles. The number of sulfone groups is 1. The normalized spacial score (nSPS) is 19.9. The third-order valence-electron chi connectivity index (χ3n) is 3.58. The molecular weight excluding hydrogens is 281 g/mol. The number of ether oxygens (including phenoxy) is 1. The number of hydrogen-bond acceptors (Lipinski definition) is 4. The molecule has 1 unspecified atom stereocenters. The van der Waals surface area contributed by atoms with Crippen LogP contribution in [0, 0.1) is 5.82 Å². The van der Waals surface area contributed by atoms with Crippen LogP contribution in [0.4, 0.5) is 4.39 Å². The Morgan fingerprint density at radius 2 is 2.15 bits per heavy atom. The summed E-state index contributed by atoms with van der Waals surface area (Å²) >= 11 is 0. The van der Waals surface area contributed by atoms with Crippen LogP contribution >= 0.6 is 0 Å². The zero-order valence-electron chi connectivity index (χ0n) is 11.8. The van der Waals surface area contributed by atoms with Gasteiger partial charge in [0.15, 0.2) is 9.84 Å². The Morgan fingerprint density at radius 3 is 2.70 bits per heavy atom. The summed E-state index contributed by atoms with van der Waals surface area (Å²) in [6.45, 7) is 0.946. The number of halogens is 1. The molecule has 0 radical (unpaired) electrons. The third kappa shape index (κ3) is 3.49. The number of nitrogens with one attached hydrogen (secondary N) is 1. The number of methoxy groups -OCH3 is 1. The van der Waals surface area contributed by atoms with Crippen molar-refractivity contribution in [2.45, 2.75) is 36.6 Å². The lowest BCUT2D eigenvalue weighted by Gasteiger charge is -2.24. The fourth-order valence-electron chi connectivity index (χ4n) is 2.65. The maximum atomic E-state index is 13.7. The van der Waals surface area contributed by atoms with E-state index in [0.29, 0.717) is 12.0 Å². The molecular formula is C14H20FNO3S. The first kappa shape index (κ1) is 15.3. The van der Waals surface area contributed by atoms with Gasteiger partial charge in [0.25, 0.3) is 0 Å². The topological polar surface area (TPSA) is 55.4 Å². The van der Waals surface area contributed by atoms with E-state index in [1.165, 1.54) is 13.2 Å². The van der Waals surface area contributed by atoms with Gasteiger partial charge >= 0.3 is 0 Å². The molecule has 0 saturated carbocycles. The standard InChI is InChI=1S/C14H20FNO3S/c1-19-14-10(8-12-5-3-4-6-16-12)7-11(15)9-13(14)20(2,17)18/h7,9,12,16H,3-6,8H2,1-2H3. The molecule has 0 spiro atoms. The molecule has 1 heterocycles. The second-order valence-corrected chi connectivity index (χ2v) is 7.20. The van der Waals surface area contributed by atoms with E-state index >= 15 is 0 Å². The number of benzene rings is 1. The Kier molecular flexibility index (Phi) is 4.65. The van der Waals surface area contributed by atoms with Crippen LogP contribution in [0.5, 0.6) is 5.75 Å². The van der Waals surface area contributed by atoms with Crippen LogP contribution in [0.3, 0.4) is 0 Å². The molecule has 20 heavy (non-hydrogen) atoms. The van der Waals surface area contributed by atoms with Crippen molar-refractivity contribution in [1.29, 1.82) is 0 Å². The summed E-state index contributed by atoms with van der Waals surface area (Å²) in [6.07, 6.45) is 4.92. The molecule has 1 aliphatic heterocycles. The van der Waals surface area contributed by atoms with Crippen LogP contribution in [0.1, 0.15) is 24.8 Å². The van der Waals surface area contributed by atoms with Gasteiger partial charge in [0.05, 0.1) is 7.11 Å². The molecule has 4 nitrogen and oxygen atoms in total. The Labute approximate surface area is 119 Å². The van der Waals surface area contributed by atoms with Gasteiger partial charge < -0.3 is 10.1 Å². The van der Waals surface area contributed by atoms with E-state index in [9.17, 15) is 12.8 Å². The fraction of sp³-hybridized carbons (Fsp3) is 0.571. The van der Waals surface area contributed by atoms with E-state index < -0.39 is 15.7 Å². The molecule has 1 aromatic carbocycles. The molecule has 1 aromatic rings. The summed E-state index contributed by atoms with van der Waals surface area (Å²) in [7, 11) is -2.10. The maximum absolute atomic E-state index is 13.7. The van der Waals surface area contributed by atoms with E-state index in [-0.39, 0.29) is 16.7 Å². The zero-order valence-corrected chi connectivity index (χ0v) is 12.6. The summed E-state index contributed by atoms with van der Waals surface area (Å²) in [5, 5.41) is 3.37. The molecule has 1 aliphatic rings. The second kappa shape index (κ2) is 6.10. The molecule has 0 amide bonds. The molecule has 2 rings (SSSR count). The molecule has 1 atom stereocenters. The van der Waals surface area contributed by atoms with Crippen molar-refractivity contribution in [3.63, 3.8) is 0 Å². The summed E-state index contributed by atoms with van der Waals surface area (Å²) in [5.41, 5.74) is 0.604. The zero-order chi connectivity index (χ0) is 14.8. The van der Waals surface area contributed by atoms with Crippen LogP contribution in [0.25, 0.3) is 0 Å². The Balaban J connectivity index is 2.38. The van der Waals surface area contributed by atoms with Crippen molar-refractivity contribution in [2.75, 3.05) is 19.9 Å². The van der Waals surface area contributed by atoms with Crippen molar-refractivity contribution < 1.29 is 17.5 Å². The van der Waals surface area contributed by atoms with Gasteiger partial charge in [0.1, 0.15) is 16.5 Å². The predicted octanol–water partition coefficient (Wildman–Crippen LogP) is 1.92. The highest BCUT2D eigenvalue weighted by Crippen LogP contribution is 2.31. The minimum Gasteiger partial charge on any atom is -0.495 e. The Hall–Kier alpha value is -1.14. The molecule has 0 aliphatic carbocycles. The number of piperidine rings is 1. The molecule has 112 valence electrons. The lowest BCUT2D eigenvalue weighted by Crippen LogP contribution is -2.35. The van der Waals surface area contributed by atoms with E-state index in [1.54, 1.807) is 0 Å². The second-order valence-electron chi connectivity index (χ2n) is 5.22. The van der Waals surface area contributed by atoms with Crippen LogP contribution in [0.2, 0.25) is 0 Å². The number of hydrogen-bond donors (Lipinski definition) is 1. The summed E-state index contributed by atoms with van der Waals surface area (Å²) in [4.78, 5) is -0.0780. The van der Waals surface area contributed by atoms with E-state index in [4.69, 9.17) is 4.74 Å². The van der Waals surface area contributed by atoms with Crippen molar-refractivity contribution in [2.24, 2.45) is 0 Å². The van der Waals surface area contributed by atoms with Crippen molar-refractivity contribution in [3.05, 3.63) is 23.5 Å². The lowest BCUT2D eigenvalue weighted by molar-refractivity contribution is 0.374. The smallest absolute Gasteiger partial charge is 0.179 e. The minimum atomic E-state index is -3.52. The van der Waals surface area contributed by atoms with Gasteiger partial charge in [-0.1, -0.05) is 6.42 Å². The SMILES string of the molecule is COc1c(CC2CCCCN2)cc(F)cc1S(C)(=O)=O. The van der Waals surface area contributed by atoms with Gasteiger partial charge in [-0.05, 0) is 43.5 Å². The Morgan fingerprint density at radius 1 is 1.40 bits per heavy atom. The molecule has 1 fully saturated rings. The third-order valence-corrected chi connectivity index (χ3v) is 4.68. The van der Waals surface area contributed by atoms with Crippen LogP contribution < -0.4 is 10.1 Å².